The first kappa shape index (κ1) is 19.7. The number of fused-ring (bicyclic) bond motifs is 2. The molecule has 0 fully saturated rings. The maximum absolute atomic E-state index is 13.4. The van der Waals surface area contributed by atoms with Crippen LogP contribution < -0.4 is 9.64 Å². The van der Waals surface area contributed by atoms with Crippen molar-refractivity contribution in [1.82, 2.24) is 9.88 Å². The van der Waals surface area contributed by atoms with Gasteiger partial charge in [0.15, 0.2) is 10.9 Å². The van der Waals surface area contributed by atoms with Crippen LogP contribution in [-0.2, 0) is 0 Å². The summed E-state index contributed by atoms with van der Waals surface area (Å²) in [6.45, 7) is 1.13. The normalized spacial score (nSPS) is 11.5. The quantitative estimate of drug-likeness (QED) is 0.435. The number of carbonyl (C=O) groups excluding carboxylic acids is 1. The summed E-state index contributed by atoms with van der Waals surface area (Å²) in [5, 5.41) is 2.02. The van der Waals surface area contributed by atoms with Gasteiger partial charge in [-0.1, -0.05) is 41.1 Å². The highest BCUT2D eigenvalue weighted by Gasteiger charge is 2.25. The van der Waals surface area contributed by atoms with Crippen LogP contribution in [0.2, 0.25) is 5.02 Å². The van der Waals surface area contributed by atoms with E-state index in [2.05, 4.69) is 4.98 Å². The maximum atomic E-state index is 13.4. The number of amides is 1. The number of carbonyl (C=O) groups is 1. The molecule has 6 nitrogen and oxygen atoms in total. The molecule has 0 radical (unpaired) electrons. The molecule has 150 valence electrons. The molecule has 1 amide bonds. The van der Waals surface area contributed by atoms with Crippen LogP contribution in [0, 0.1) is 0 Å². The number of ether oxygens (including phenoxy) is 1. The van der Waals surface area contributed by atoms with Gasteiger partial charge in [-0.25, -0.2) is 4.98 Å². The Morgan fingerprint density at radius 2 is 2.00 bits per heavy atom. The predicted octanol–water partition coefficient (Wildman–Crippen LogP) is 4.91. The third kappa shape index (κ3) is 3.81. The van der Waals surface area contributed by atoms with E-state index in [0.29, 0.717) is 40.1 Å². The van der Waals surface area contributed by atoms with Crippen molar-refractivity contribution in [3.63, 3.8) is 0 Å². The van der Waals surface area contributed by atoms with Crippen molar-refractivity contribution in [2.75, 3.05) is 39.2 Å². The number of likely N-dealkylation sites (N-methyl/N-ethyl adjacent to an activating group) is 1. The van der Waals surface area contributed by atoms with E-state index in [1.807, 2.05) is 43.3 Å². The second-order valence-electron chi connectivity index (χ2n) is 6.83. The number of furan rings is 1. The minimum absolute atomic E-state index is 0.239. The number of para-hydroxylation sites is 1. The van der Waals surface area contributed by atoms with E-state index in [4.69, 9.17) is 20.8 Å². The third-order valence-corrected chi connectivity index (χ3v) is 6.09. The number of aromatic nitrogens is 1. The predicted molar refractivity (Wildman–Crippen MR) is 118 cm³/mol. The molecule has 0 bridgehead atoms. The van der Waals surface area contributed by atoms with Crippen molar-refractivity contribution in [3.05, 3.63) is 53.2 Å². The minimum atomic E-state index is -0.239. The summed E-state index contributed by atoms with van der Waals surface area (Å²) < 4.78 is 12.0. The largest absolute Gasteiger partial charge is 0.494 e. The molecule has 29 heavy (non-hydrogen) atoms. The molecular weight excluding hydrogens is 410 g/mol. The highest BCUT2D eigenvalue weighted by molar-refractivity contribution is 7.23. The molecule has 0 N–H and O–H groups in total. The van der Waals surface area contributed by atoms with Gasteiger partial charge in [0.2, 0.25) is 0 Å². The number of rotatable bonds is 6. The smallest absolute Gasteiger partial charge is 0.295 e. The van der Waals surface area contributed by atoms with Gasteiger partial charge in [-0.2, -0.15) is 0 Å². The second-order valence-corrected chi connectivity index (χ2v) is 8.22. The lowest BCUT2D eigenvalue weighted by atomic mass is 10.2. The number of thiazole rings is 1. The van der Waals surface area contributed by atoms with Gasteiger partial charge in [0.25, 0.3) is 5.91 Å². The van der Waals surface area contributed by atoms with Crippen LogP contribution in [0.4, 0.5) is 5.13 Å². The molecule has 2 aromatic carbocycles. The average molecular weight is 430 g/mol. The Hall–Kier alpha value is -2.61. The number of hydrogen-bond acceptors (Lipinski definition) is 6. The SMILES string of the molecule is COc1ccc(Cl)c2sc(N(CCN(C)C)C(=O)c3cc4ccccc4o3)nc12. The average Bonchev–Trinajstić information content (AvgIpc) is 3.33. The molecular formula is C21H20ClN3O3S. The molecule has 0 aliphatic heterocycles. The molecule has 0 aliphatic carbocycles. The third-order valence-electron chi connectivity index (χ3n) is 4.55. The molecule has 0 unspecified atom stereocenters. The fraction of sp³-hybridized carbons (Fsp3) is 0.238. The van der Waals surface area contributed by atoms with Gasteiger partial charge in [-0.05, 0) is 38.4 Å². The van der Waals surface area contributed by atoms with Crippen molar-refractivity contribution in [3.8, 4) is 5.75 Å². The molecule has 8 heteroatoms. The van der Waals surface area contributed by atoms with Crippen molar-refractivity contribution < 1.29 is 13.9 Å². The first-order valence-electron chi connectivity index (χ1n) is 9.06. The lowest BCUT2D eigenvalue weighted by Gasteiger charge is -2.20. The molecule has 2 heterocycles. The van der Waals surface area contributed by atoms with Gasteiger partial charge >= 0.3 is 0 Å². The van der Waals surface area contributed by atoms with Crippen LogP contribution in [0.1, 0.15) is 10.6 Å². The molecule has 0 saturated heterocycles. The second kappa shape index (κ2) is 8.02. The Morgan fingerprint density at radius 1 is 1.21 bits per heavy atom. The van der Waals surface area contributed by atoms with Gasteiger partial charge in [0.1, 0.15) is 16.8 Å². The van der Waals surface area contributed by atoms with Crippen molar-refractivity contribution >= 4 is 55.2 Å². The molecule has 4 aromatic rings. The molecule has 4 rings (SSSR count). The number of halogens is 1. The van der Waals surface area contributed by atoms with E-state index >= 15 is 0 Å². The van der Waals surface area contributed by atoms with Crippen LogP contribution >= 0.6 is 22.9 Å². The van der Waals surface area contributed by atoms with E-state index in [1.54, 1.807) is 30.2 Å². The summed E-state index contributed by atoms with van der Waals surface area (Å²) in [6.07, 6.45) is 0. The summed E-state index contributed by atoms with van der Waals surface area (Å²) in [5.74, 6) is 0.662. The summed E-state index contributed by atoms with van der Waals surface area (Å²) in [4.78, 5) is 21.7. The monoisotopic (exact) mass is 429 g/mol. The topological polar surface area (TPSA) is 58.8 Å². The van der Waals surface area contributed by atoms with E-state index < -0.39 is 0 Å². The highest BCUT2D eigenvalue weighted by Crippen LogP contribution is 2.39. The first-order valence-corrected chi connectivity index (χ1v) is 10.3. The zero-order chi connectivity index (χ0) is 20.5. The van der Waals surface area contributed by atoms with Crippen LogP contribution in [0.3, 0.4) is 0 Å². The standard InChI is InChI=1S/C21H20ClN3O3S/c1-24(2)10-11-25(20(26)17-12-13-6-4-5-7-15(13)28-17)21-23-18-16(27-3)9-8-14(22)19(18)29-21/h4-9,12H,10-11H2,1-3H3. The summed E-state index contributed by atoms with van der Waals surface area (Å²) in [5.41, 5.74) is 1.32. The number of anilines is 1. The zero-order valence-corrected chi connectivity index (χ0v) is 17.9. The molecule has 0 spiro atoms. The Labute approximate surface area is 177 Å². The fourth-order valence-corrected chi connectivity index (χ4v) is 4.31. The van der Waals surface area contributed by atoms with Gasteiger partial charge in [0.05, 0.1) is 16.8 Å². The van der Waals surface area contributed by atoms with Crippen molar-refractivity contribution in [2.24, 2.45) is 0 Å². The number of nitrogens with zero attached hydrogens (tertiary/aromatic N) is 3. The van der Waals surface area contributed by atoms with Crippen molar-refractivity contribution in [2.45, 2.75) is 0 Å². The van der Waals surface area contributed by atoms with Crippen LogP contribution in [0.25, 0.3) is 21.2 Å². The summed E-state index contributed by atoms with van der Waals surface area (Å²) in [6, 6.07) is 12.9. The molecule has 0 aliphatic rings. The van der Waals surface area contributed by atoms with Crippen LogP contribution in [0.15, 0.2) is 46.9 Å². The van der Waals surface area contributed by atoms with Gasteiger partial charge in [-0.15, -0.1) is 0 Å². The van der Waals surface area contributed by atoms with Gasteiger partial charge in [0, 0.05) is 18.5 Å². The Bertz CT molecular complexity index is 1150. The van der Waals surface area contributed by atoms with Gasteiger partial charge in [-0.3, -0.25) is 9.69 Å². The summed E-state index contributed by atoms with van der Waals surface area (Å²) >= 11 is 7.73. The lowest BCUT2D eigenvalue weighted by molar-refractivity contribution is 0.0960. The summed E-state index contributed by atoms with van der Waals surface area (Å²) in [7, 11) is 5.51. The first-order chi connectivity index (χ1) is 14.0. The van der Waals surface area contributed by atoms with E-state index in [9.17, 15) is 4.79 Å². The molecule has 0 saturated carbocycles. The molecule has 0 atom stereocenters. The highest BCUT2D eigenvalue weighted by atomic mass is 35.5. The minimum Gasteiger partial charge on any atom is -0.494 e. The number of benzene rings is 2. The Kier molecular flexibility index (Phi) is 5.45. The van der Waals surface area contributed by atoms with Crippen molar-refractivity contribution in [1.29, 1.82) is 0 Å². The number of methoxy groups -OCH3 is 1. The van der Waals surface area contributed by atoms with Crippen LogP contribution in [-0.4, -0.2) is 50.1 Å². The lowest BCUT2D eigenvalue weighted by Crippen LogP contribution is -2.36. The van der Waals surface area contributed by atoms with E-state index in [0.717, 1.165) is 10.1 Å². The van der Waals surface area contributed by atoms with Crippen LogP contribution in [0.5, 0.6) is 5.75 Å². The molecule has 2 aromatic heterocycles. The number of hydrogen-bond donors (Lipinski definition) is 0. The Balaban J connectivity index is 1.78. The Morgan fingerprint density at radius 3 is 2.72 bits per heavy atom. The maximum Gasteiger partial charge on any atom is 0.295 e. The van der Waals surface area contributed by atoms with E-state index in [1.165, 1.54) is 11.3 Å². The van der Waals surface area contributed by atoms with E-state index in [-0.39, 0.29) is 11.7 Å². The van der Waals surface area contributed by atoms with Gasteiger partial charge < -0.3 is 14.1 Å². The fourth-order valence-electron chi connectivity index (χ4n) is 3.03. The zero-order valence-electron chi connectivity index (χ0n) is 16.3.